The fourth-order valence-corrected chi connectivity index (χ4v) is 1.20. The van der Waals surface area contributed by atoms with E-state index in [1.54, 1.807) is 37.4 Å². The minimum atomic E-state index is -0.0214. The van der Waals surface area contributed by atoms with Gasteiger partial charge in [-0.05, 0) is 12.1 Å². The van der Waals surface area contributed by atoms with Crippen LogP contribution in [0.5, 0.6) is 5.75 Å². The molecule has 1 N–H and O–H groups in total. The van der Waals surface area contributed by atoms with E-state index in [1.807, 2.05) is 0 Å². The summed E-state index contributed by atoms with van der Waals surface area (Å²) in [6, 6.07) is 8.52. The molecule has 0 unspecified atom stereocenters. The standard InChI is InChI=1S/C11H8ClN3O/c1-16-9-2-3-11(10(12)4-9)15-7-8(5-13)6-14/h2-4,7,15H,1H3. The van der Waals surface area contributed by atoms with Crippen molar-refractivity contribution in [3.63, 3.8) is 0 Å². The van der Waals surface area contributed by atoms with E-state index in [0.717, 1.165) is 0 Å². The smallest absolute Gasteiger partial charge is 0.145 e. The molecule has 0 atom stereocenters. The zero-order valence-corrected chi connectivity index (χ0v) is 9.25. The Hall–Kier alpha value is -2.17. The van der Waals surface area contributed by atoms with Crippen LogP contribution in [0.15, 0.2) is 30.0 Å². The predicted molar refractivity (Wildman–Crippen MR) is 60.9 cm³/mol. The van der Waals surface area contributed by atoms with Crippen molar-refractivity contribution in [3.8, 4) is 17.9 Å². The van der Waals surface area contributed by atoms with Gasteiger partial charge in [0.05, 0.1) is 17.8 Å². The Kier molecular flexibility index (Phi) is 4.20. The summed E-state index contributed by atoms with van der Waals surface area (Å²) in [5.74, 6) is 0.639. The quantitative estimate of drug-likeness (QED) is 0.815. The molecule has 0 saturated heterocycles. The van der Waals surface area contributed by atoms with Crippen LogP contribution >= 0.6 is 11.6 Å². The molecule has 0 bridgehead atoms. The SMILES string of the molecule is COc1ccc(NC=C(C#N)C#N)c(Cl)c1. The van der Waals surface area contributed by atoms with Crippen molar-refractivity contribution in [1.82, 2.24) is 0 Å². The average molecular weight is 234 g/mol. The minimum absolute atomic E-state index is 0.0214. The molecule has 5 heteroatoms. The van der Waals surface area contributed by atoms with E-state index in [1.165, 1.54) is 6.20 Å². The van der Waals surface area contributed by atoms with Crippen LogP contribution < -0.4 is 10.1 Å². The lowest BCUT2D eigenvalue weighted by atomic mass is 10.3. The molecule has 0 aliphatic carbocycles. The molecule has 0 saturated carbocycles. The highest BCUT2D eigenvalue weighted by Crippen LogP contribution is 2.26. The van der Waals surface area contributed by atoms with Gasteiger partial charge in [0.25, 0.3) is 0 Å². The number of nitriles is 2. The normalized spacial score (nSPS) is 8.50. The molecule has 0 spiro atoms. The summed E-state index contributed by atoms with van der Waals surface area (Å²) in [7, 11) is 1.54. The summed E-state index contributed by atoms with van der Waals surface area (Å²) in [5.41, 5.74) is 0.581. The number of hydrogen-bond acceptors (Lipinski definition) is 4. The third-order valence-corrected chi connectivity index (χ3v) is 2.10. The van der Waals surface area contributed by atoms with Crippen LogP contribution in [0.2, 0.25) is 5.02 Å². The molecule has 0 aliphatic heterocycles. The lowest BCUT2D eigenvalue weighted by Gasteiger charge is -2.05. The third-order valence-electron chi connectivity index (χ3n) is 1.79. The van der Waals surface area contributed by atoms with Crippen LogP contribution in [0.3, 0.4) is 0 Å². The van der Waals surface area contributed by atoms with E-state index in [-0.39, 0.29) is 5.57 Å². The maximum Gasteiger partial charge on any atom is 0.145 e. The third kappa shape index (κ3) is 2.91. The van der Waals surface area contributed by atoms with Gasteiger partial charge in [-0.15, -0.1) is 0 Å². The van der Waals surface area contributed by atoms with Gasteiger partial charge < -0.3 is 10.1 Å². The van der Waals surface area contributed by atoms with Crippen molar-refractivity contribution >= 4 is 17.3 Å². The van der Waals surface area contributed by atoms with Crippen molar-refractivity contribution in [2.75, 3.05) is 12.4 Å². The van der Waals surface area contributed by atoms with E-state index in [4.69, 9.17) is 26.9 Å². The number of halogens is 1. The number of benzene rings is 1. The predicted octanol–water partition coefficient (Wildman–Crippen LogP) is 2.69. The van der Waals surface area contributed by atoms with Gasteiger partial charge in [-0.3, -0.25) is 0 Å². The van der Waals surface area contributed by atoms with E-state index in [2.05, 4.69) is 5.32 Å². The Morgan fingerprint density at radius 2 is 2.12 bits per heavy atom. The molecule has 0 radical (unpaired) electrons. The van der Waals surface area contributed by atoms with Crippen LogP contribution in [0, 0.1) is 22.7 Å². The molecule has 0 aromatic heterocycles. The van der Waals surface area contributed by atoms with Crippen LogP contribution in [0.1, 0.15) is 0 Å². The van der Waals surface area contributed by atoms with Gasteiger partial charge in [-0.1, -0.05) is 11.6 Å². The fourth-order valence-electron chi connectivity index (χ4n) is 0.979. The second-order valence-electron chi connectivity index (χ2n) is 2.77. The monoisotopic (exact) mass is 233 g/mol. The Bertz CT molecular complexity index is 481. The summed E-state index contributed by atoms with van der Waals surface area (Å²) in [4.78, 5) is 0. The number of nitrogens with zero attached hydrogens (tertiary/aromatic N) is 2. The van der Waals surface area contributed by atoms with Crippen molar-refractivity contribution in [2.24, 2.45) is 0 Å². The number of anilines is 1. The lowest BCUT2D eigenvalue weighted by Crippen LogP contribution is -1.91. The highest BCUT2D eigenvalue weighted by atomic mass is 35.5. The number of ether oxygens (including phenoxy) is 1. The molecule has 1 aromatic rings. The van der Waals surface area contributed by atoms with Crippen LogP contribution in [-0.4, -0.2) is 7.11 Å². The molecule has 0 aliphatic rings. The summed E-state index contributed by atoms with van der Waals surface area (Å²) >= 11 is 5.94. The molecule has 1 rings (SSSR count). The molecule has 1 aromatic carbocycles. The van der Waals surface area contributed by atoms with Crippen molar-refractivity contribution in [3.05, 3.63) is 35.0 Å². The first kappa shape index (κ1) is 11.9. The minimum Gasteiger partial charge on any atom is -0.497 e. The van der Waals surface area contributed by atoms with Crippen molar-refractivity contribution in [2.45, 2.75) is 0 Å². The molecule has 0 heterocycles. The number of allylic oxidation sites excluding steroid dienone is 1. The fraction of sp³-hybridized carbons (Fsp3) is 0.0909. The number of methoxy groups -OCH3 is 1. The van der Waals surface area contributed by atoms with Gasteiger partial charge in [-0.2, -0.15) is 10.5 Å². The van der Waals surface area contributed by atoms with Gasteiger partial charge in [0.2, 0.25) is 0 Å². The first-order valence-electron chi connectivity index (χ1n) is 4.31. The lowest BCUT2D eigenvalue weighted by molar-refractivity contribution is 0.415. The molecule has 80 valence electrons. The molecule has 0 amide bonds. The molecule has 16 heavy (non-hydrogen) atoms. The largest absolute Gasteiger partial charge is 0.497 e. The molecule has 0 fully saturated rings. The van der Waals surface area contributed by atoms with Crippen molar-refractivity contribution in [1.29, 1.82) is 10.5 Å². The first-order valence-corrected chi connectivity index (χ1v) is 4.69. The van der Waals surface area contributed by atoms with Crippen LogP contribution in [0.4, 0.5) is 5.69 Å². The van der Waals surface area contributed by atoms with Crippen LogP contribution in [0.25, 0.3) is 0 Å². The Labute approximate surface area is 98.3 Å². The van der Waals surface area contributed by atoms with E-state index >= 15 is 0 Å². The number of rotatable bonds is 3. The Morgan fingerprint density at radius 3 is 2.62 bits per heavy atom. The second kappa shape index (κ2) is 5.65. The summed E-state index contributed by atoms with van der Waals surface area (Å²) in [6.07, 6.45) is 1.30. The number of nitrogens with one attached hydrogen (secondary N) is 1. The molecular formula is C11H8ClN3O. The first-order chi connectivity index (χ1) is 7.71. The van der Waals surface area contributed by atoms with Gasteiger partial charge >= 0.3 is 0 Å². The van der Waals surface area contributed by atoms with E-state index < -0.39 is 0 Å². The van der Waals surface area contributed by atoms with Gasteiger partial charge in [-0.25, -0.2) is 0 Å². The zero-order chi connectivity index (χ0) is 12.0. The maximum absolute atomic E-state index is 8.52. The zero-order valence-electron chi connectivity index (χ0n) is 8.49. The second-order valence-corrected chi connectivity index (χ2v) is 3.18. The Balaban J connectivity index is 2.88. The summed E-state index contributed by atoms with van der Waals surface area (Å²) in [5, 5.41) is 20.3. The summed E-state index contributed by atoms with van der Waals surface area (Å²) < 4.78 is 4.99. The summed E-state index contributed by atoms with van der Waals surface area (Å²) in [6.45, 7) is 0. The van der Waals surface area contributed by atoms with Gasteiger partial charge in [0, 0.05) is 12.3 Å². The highest BCUT2D eigenvalue weighted by Gasteiger charge is 2.01. The molecule has 4 nitrogen and oxygen atoms in total. The van der Waals surface area contributed by atoms with Crippen molar-refractivity contribution < 1.29 is 4.74 Å². The Morgan fingerprint density at radius 1 is 1.44 bits per heavy atom. The van der Waals surface area contributed by atoms with Crippen LogP contribution in [-0.2, 0) is 0 Å². The van der Waals surface area contributed by atoms with E-state index in [9.17, 15) is 0 Å². The highest BCUT2D eigenvalue weighted by molar-refractivity contribution is 6.33. The van der Waals surface area contributed by atoms with E-state index in [0.29, 0.717) is 16.5 Å². The van der Waals surface area contributed by atoms with Gasteiger partial charge in [0.1, 0.15) is 23.5 Å². The number of hydrogen-bond donors (Lipinski definition) is 1. The topological polar surface area (TPSA) is 68.8 Å². The maximum atomic E-state index is 8.52. The average Bonchev–Trinajstić information content (AvgIpc) is 2.32. The molecular weight excluding hydrogens is 226 g/mol. The van der Waals surface area contributed by atoms with Gasteiger partial charge in [0.15, 0.2) is 0 Å².